The number of nitrogens with one attached hydrogen (secondary N) is 1. The summed E-state index contributed by atoms with van der Waals surface area (Å²) in [6.45, 7) is 5.30. The van der Waals surface area contributed by atoms with Crippen molar-refractivity contribution in [3.8, 4) is 5.75 Å². The van der Waals surface area contributed by atoms with Crippen LogP contribution < -0.4 is 10.1 Å². The number of ether oxygens (including phenoxy) is 2. The Labute approximate surface area is 150 Å². The Balaban J connectivity index is 2.06. The quantitative estimate of drug-likeness (QED) is 0.702. The first kappa shape index (κ1) is 19.0. The van der Waals surface area contributed by atoms with E-state index in [2.05, 4.69) is 19.2 Å². The Hall–Kier alpha value is -2.33. The largest absolute Gasteiger partial charge is 0.497 e. The van der Waals surface area contributed by atoms with Crippen LogP contribution in [0.3, 0.4) is 0 Å². The maximum absolute atomic E-state index is 12.4. The van der Waals surface area contributed by atoms with Crippen LogP contribution in [0.1, 0.15) is 37.4 Å². The van der Waals surface area contributed by atoms with Gasteiger partial charge in [-0.3, -0.25) is 4.79 Å². The fraction of sp³-hybridized carbons (Fsp3) is 0.381. The van der Waals surface area contributed by atoms with E-state index in [0.717, 1.165) is 16.9 Å². The van der Waals surface area contributed by atoms with E-state index in [0.29, 0.717) is 25.6 Å². The minimum atomic E-state index is -0.190. The molecule has 0 heterocycles. The average Bonchev–Trinajstić information content (AvgIpc) is 2.64. The average molecular weight is 341 g/mol. The highest BCUT2D eigenvalue weighted by molar-refractivity contribution is 5.77. The molecule has 4 heteroatoms. The van der Waals surface area contributed by atoms with Crippen LogP contribution in [0, 0.1) is 5.92 Å². The summed E-state index contributed by atoms with van der Waals surface area (Å²) in [7, 11) is 1.64. The van der Waals surface area contributed by atoms with E-state index < -0.39 is 0 Å². The van der Waals surface area contributed by atoms with E-state index in [1.807, 2.05) is 54.6 Å². The van der Waals surface area contributed by atoms with Gasteiger partial charge in [-0.05, 0) is 29.2 Å². The van der Waals surface area contributed by atoms with Gasteiger partial charge in [0.15, 0.2) is 0 Å². The number of benzene rings is 2. The molecule has 0 aromatic heterocycles. The van der Waals surface area contributed by atoms with Crippen LogP contribution in [0.25, 0.3) is 0 Å². The molecule has 0 radical (unpaired) electrons. The smallest absolute Gasteiger partial charge is 0.223 e. The Morgan fingerprint density at radius 1 is 1.00 bits per heavy atom. The molecule has 0 fully saturated rings. The van der Waals surface area contributed by atoms with Gasteiger partial charge in [0.1, 0.15) is 5.75 Å². The summed E-state index contributed by atoms with van der Waals surface area (Å²) in [5.74, 6) is 1.25. The van der Waals surface area contributed by atoms with E-state index in [4.69, 9.17) is 9.47 Å². The van der Waals surface area contributed by atoms with E-state index in [1.165, 1.54) is 0 Å². The highest BCUT2D eigenvalue weighted by atomic mass is 16.5. The van der Waals surface area contributed by atoms with Gasteiger partial charge in [-0.25, -0.2) is 0 Å². The van der Waals surface area contributed by atoms with Gasteiger partial charge >= 0.3 is 0 Å². The van der Waals surface area contributed by atoms with E-state index >= 15 is 0 Å². The Bertz CT molecular complexity index is 638. The highest BCUT2D eigenvalue weighted by Gasteiger charge is 2.16. The summed E-state index contributed by atoms with van der Waals surface area (Å²) in [6.07, 6.45) is 0.353. The number of hydrogen-bond acceptors (Lipinski definition) is 3. The maximum atomic E-state index is 12.4. The van der Waals surface area contributed by atoms with Crippen molar-refractivity contribution in [2.24, 2.45) is 5.92 Å². The first-order valence-electron chi connectivity index (χ1n) is 8.66. The van der Waals surface area contributed by atoms with Crippen molar-refractivity contribution in [3.63, 3.8) is 0 Å². The van der Waals surface area contributed by atoms with Crippen molar-refractivity contribution in [2.75, 3.05) is 20.3 Å². The molecule has 134 valence electrons. The van der Waals surface area contributed by atoms with Gasteiger partial charge in [-0.1, -0.05) is 56.3 Å². The topological polar surface area (TPSA) is 47.6 Å². The number of carbonyl (C=O) groups excluding carboxylic acids is 1. The summed E-state index contributed by atoms with van der Waals surface area (Å²) in [4.78, 5) is 12.4. The van der Waals surface area contributed by atoms with E-state index in [1.54, 1.807) is 7.11 Å². The summed E-state index contributed by atoms with van der Waals surface area (Å²) in [5.41, 5.74) is 2.06. The lowest BCUT2D eigenvalue weighted by molar-refractivity contribution is -0.122. The Morgan fingerprint density at radius 3 is 2.24 bits per heavy atom. The van der Waals surface area contributed by atoms with Crippen LogP contribution in [-0.4, -0.2) is 26.2 Å². The lowest BCUT2D eigenvalue weighted by Crippen LogP contribution is -2.30. The predicted octanol–water partition coefficient (Wildman–Crippen LogP) is 3.96. The molecular formula is C21H27NO3. The zero-order valence-electron chi connectivity index (χ0n) is 15.2. The van der Waals surface area contributed by atoms with Crippen molar-refractivity contribution in [2.45, 2.75) is 26.3 Å². The molecule has 4 nitrogen and oxygen atoms in total. The SMILES string of the molecule is COc1ccc([C@@H](NC(=O)CCOCC(C)C)c2ccccc2)cc1. The van der Waals surface area contributed by atoms with Crippen molar-refractivity contribution in [3.05, 3.63) is 65.7 Å². The number of rotatable bonds is 9. The molecule has 0 bridgehead atoms. The second-order valence-corrected chi connectivity index (χ2v) is 6.40. The van der Waals surface area contributed by atoms with E-state index in [-0.39, 0.29) is 11.9 Å². The van der Waals surface area contributed by atoms with Crippen molar-refractivity contribution in [1.29, 1.82) is 0 Å². The molecule has 2 rings (SSSR count). The van der Waals surface area contributed by atoms with Crippen LogP contribution in [0.2, 0.25) is 0 Å². The highest BCUT2D eigenvalue weighted by Crippen LogP contribution is 2.24. The zero-order chi connectivity index (χ0) is 18.1. The molecule has 2 aromatic carbocycles. The number of carbonyl (C=O) groups is 1. The summed E-state index contributed by atoms with van der Waals surface area (Å²) < 4.78 is 10.7. The van der Waals surface area contributed by atoms with Crippen LogP contribution in [0.5, 0.6) is 5.75 Å². The second-order valence-electron chi connectivity index (χ2n) is 6.40. The first-order valence-corrected chi connectivity index (χ1v) is 8.66. The van der Waals surface area contributed by atoms with Gasteiger partial charge in [-0.15, -0.1) is 0 Å². The molecule has 2 aromatic rings. The third kappa shape index (κ3) is 6.24. The van der Waals surface area contributed by atoms with Crippen LogP contribution >= 0.6 is 0 Å². The normalized spacial score (nSPS) is 12.0. The Morgan fingerprint density at radius 2 is 1.64 bits per heavy atom. The van der Waals surface area contributed by atoms with Crippen LogP contribution in [-0.2, 0) is 9.53 Å². The van der Waals surface area contributed by atoms with Gasteiger partial charge in [0, 0.05) is 13.0 Å². The molecular weight excluding hydrogens is 314 g/mol. The second kappa shape index (κ2) is 9.84. The van der Waals surface area contributed by atoms with Crippen LogP contribution in [0.4, 0.5) is 0 Å². The lowest BCUT2D eigenvalue weighted by Gasteiger charge is -2.20. The molecule has 1 amide bonds. The molecule has 0 saturated heterocycles. The molecule has 25 heavy (non-hydrogen) atoms. The lowest BCUT2D eigenvalue weighted by atomic mass is 9.98. The summed E-state index contributed by atoms with van der Waals surface area (Å²) >= 11 is 0. The molecule has 0 aliphatic carbocycles. The van der Waals surface area contributed by atoms with Gasteiger partial charge in [0.2, 0.25) is 5.91 Å². The monoisotopic (exact) mass is 341 g/mol. The van der Waals surface area contributed by atoms with E-state index in [9.17, 15) is 4.79 Å². The number of methoxy groups -OCH3 is 1. The zero-order valence-corrected chi connectivity index (χ0v) is 15.2. The van der Waals surface area contributed by atoms with Crippen molar-refractivity contribution >= 4 is 5.91 Å². The molecule has 0 spiro atoms. The Kier molecular flexibility index (Phi) is 7.48. The molecule has 1 N–H and O–H groups in total. The minimum absolute atomic E-state index is 0.0200. The van der Waals surface area contributed by atoms with Gasteiger partial charge in [0.05, 0.1) is 19.8 Å². The van der Waals surface area contributed by atoms with Gasteiger partial charge in [-0.2, -0.15) is 0 Å². The predicted molar refractivity (Wildman–Crippen MR) is 99.7 cm³/mol. The summed E-state index contributed by atoms with van der Waals surface area (Å²) in [6, 6.07) is 17.5. The van der Waals surface area contributed by atoms with Gasteiger partial charge in [0.25, 0.3) is 0 Å². The maximum Gasteiger partial charge on any atom is 0.223 e. The fourth-order valence-corrected chi connectivity index (χ4v) is 2.52. The number of amides is 1. The number of hydrogen-bond donors (Lipinski definition) is 1. The molecule has 0 aliphatic heterocycles. The first-order chi connectivity index (χ1) is 12.1. The van der Waals surface area contributed by atoms with Crippen molar-refractivity contribution < 1.29 is 14.3 Å². The third-order valence-corrected chi connectivity index (χ3v) is 3.81. The minimum Gasteiger partial charge on any atom is -0.497 e. The molecule has 0 aliphatic rings. The third-order valence-electron chi connectivity index (χ3n) is 3.81. The molecule has 1 atom stereocenters. The standard InChI is InChI=1S/C21H27NO3/c1-16(2)15-25-14-13-20(23)22-21(17-7-5-4-6-8-17)18-9-11-19(24-3)12-10-18/h4-12,16,21H,13-15H2,1-3H3,(H,22,23)/t21-/m0/s1. The molecule has 0 unspecified atom stereocenters. The summed E-state index contributed by atoms with van der Waals surface area (Å²) in [5, 5.41) is 3.12. The molecule has 0 saturated carbocycles. The fourth-order valence-electron chi connectivity index (χ4n) is 2.52. The van der Waals surface area contributed by atoms with Crippen LogP contribution in [0.15, 0.2) is 54.6 Å². The van der Waals surface area contributed by atoms with Crippen molar-refractivity contribution in [1.82, 2.24) is 5.32 Å². The van der Waals surface area contributed by atoms with Gasteiger partial charge < -0.3 is 14.8 Å².